The Morgan fingerprint density at radius 1 is 1.24 bits per heavy atom. The Labute approximate surface area is 196 Å². The van der Waals surface area contributed by atoms with Gasteiger partial charge in [0.1, 0.15) is 5.75 Å². The average molecular weight is 512 g/mol. The Hall–Kier alpha value is -2.65. The summed E-state index contributed by atoms with van der Waals surface area (Å²) in [7, 11) is -9.52. The molecule has 1 aromatic carbocycles. The van der Waals surface area contributed by atoms with Crippen LogP contribution in [0.15, 0.2) is 72.9 Å². The number of carbonyl (C=O) groups excluding carboxylic acids is 1. The van der Waals surface area contributed by atoms with E-state index in [9.17, 15) is 23.7 Å². The molecule has 11 nitrogen and oxygen atoms in total. The molecule has 0 aromatic heterocycles. The Balaban J connectivity index is 1.86. The van der Waals surface area contributed by atoms with E-state index in [1.165, 1.54) is 29.2 Å². The van der Waals surface area contributed by atoms with Crippen molar-refractivity contribution < 1.29 is 42.2 Å². The molecule has 2 aliphatic rings. The van der Waals surface area contributed by atoms with E-state index in [4.69, 9.17) is 24.3 Å². The Morgan fingerprint density at radius 2 is 1.88 bits per heavy atom. The summed E-state index contributed by atoms with van der Waals surface area (Å²) in [6.07, 6.45) is 4.17. The van der Waals surface area contributed by atoms with E-state index < -0.39 is 45.6 Å². The number of allylic oxidation sites excluding steroid dienone is 4. The third-order valence-corrected chi connectivity index (χ3v) is 9.39. The molecule has 3 rings (SSSR count). The highest BCUT2D eigenvalue weighted by Crippen LogP contribution is 2.74. The third kappa shape index (κ3) is 5.88. The first-order valence-corrected chi connectivity index (χ1v) is 13.5. The Kier molecular flexibility index (Phi) is 7.88. The van der Waals surface area contributed by atoms with Crippen molar-refractivity contribution in [2.24, 2.45) is 5.73 Å². The van der Waals surface area contributed by atoms with Crippen LogP contribution in [0.1, 0.15) is 32.1 Å². The summed E-state index contributed by atoms with van der Waals surface area (Å²) >= 11 is 0. The van der Waals surface area contributed by atoms with E-state index in [0.29, 0.717) is 5.70 Å². The van der Waals surface area contributed by atoms with Gasteiger partial charge < -0.3 is 29.9 Å². The molecule has 1 aromatic rings. The first kappa shape index (κ1) is 26.0. The van der Waals surface area contributed by atoms with Crippen molar-refractivity contribution in [3.05, 3.63) is 78.4 Å². The second-order valence-corrected chi connectivity index (χ2v) is 12.0. The molecule has 2 atom stereocenters. The van der Waals surface area contributed by atoms with E-state index in [-0.39, 0.29) is 17.0 Å². The van der Waals surface area contributed by atoms with Gasteiger partial charge >= 0.3 is 21.3 Å². The molecular weight excluding hydrogens is 486 g/mol. The van der Waals surface area contributed by atoms with Crippen LogP contribution in [0.2, 0.25) is 0 Å². The van der Waals surface area contributed by atoms with Gasteiger partial charge in [-0.15, -0.1) is 0 Å². The number of rotatable bonds is 6. The maximum absolute atomic E-state index is 13.1. The topological polar surface area (TPSA) is 158 Å². The molecule has 0 radical (unpaired) electrons. The van der Waals surface area contributed by atoms with Crippen LogP contribution in [0, 0.1) is 0 Å². The fraction of sp³-hybridized carbons (Fsp3) is 0.286. The molecule has 2 unspecified atom stereocenters. The van der Waals surface area contributed by atoms with E-state index in [0.717, 1.165) is 6.20 Å². The van der Waals surface area contributed by atoms with Crippen molar-refractivity contribution in [1.82, 2.24) is 4.90 Å². The summed E-state index contributed by atoms with van der Waals surface area (Å²) in [5.41, 5.74) is 6.38. The Morgan fingerprint density at radius 3 is 2.47 bits per heavy atom. The first-order chi connectivity index (χ1) is 15.9. The molecule has 0 aliphatic carbocycles. The standard InChI is InChI=1S/C21H26N2O9P2/c1-14(2)29-21(24)30-18-10-5-4-9-17(18)20-31-33(25,26)19(34(27,28)32-20)12-16(13-22)23-11-7-6-8-15(23)3/h4-11,13-14,19-20H,3,12,22H2,1-2H3,(H,25,26)(H,27,28)/b16-13-. The second-order valence-electron chi connectivity index (χ2n) is 7.63. The maximum Gasteiger partial charge on any atom is 0.514 e. The molecular formula is C21H26N2O9P2. The molecule has 1 fully saturated rings. The zero-order valence-electron chi connectivity index (χ0n) is 18.5. The van der Waals surface area contributed by atoms with Gasteiger partial charge in [0.25, 0.3) is 0 Å². The number of benzene rings is 1. The summed E-state index contributed by atoms with van der Waals surface area (Å²) in [6.45, 7) is 7.10. The van der Waals surface area contributed by atoms with Gasteiger partial charge in [0.2, 0.25) is 6.29 Å². The van der Waals surface area contributed by atoms with Crippen molar-refractivity contribution in [2.75, 3.05) is 0 Å². The van der Waals surface area contributed by atoms with Gasteiger partial charge in [0.15, 0.2) is 5.40 Å². The molecule has 0 saturated carbocycles. The third-order valence-electron chi connectivity index (χ3n) is 4.78. The lowest BCUT2D eigenvalue weighted by molar-refractivity contribution is -0.0269. The molecule has 184 valence electrons. The molecule has 13 heteroatoms. The van der Waals surface area contributed by atoms with Crippen LogP contribution >= 0.6 is 15.2 Å². The first-order valence-electron chi connectivity index (χ1n) is 10.2. The highest BCUT2D eigenvalue weighted by atomic mass is 31.2. The van der Waals surface area contributed by atoms with Gasteiger partial charge in [-0.05, 0) is 32.1 Å². The largest absolute Gasteiger partial charge is 0.514 e. The van der Waals surface area contributed by atoms with Crippen LogP contribution in [0.3, 0.4) is 0 Å². The van der Waals surface area contributed by atoms with Gasteiger partial charge in [0, 0.05) is 30.2 Å². The van der Waals surface area contributed by atoms with Crippen molar-refractivity contribution in [3.8, 4) is 5.75 Å². The number of hydrogen-bond acceptors (Lipinski definition) is 9. The maximum atomic E-state index is 13.1. The van der Waals surface area contributed by atoms with Crippen LogP contribution in [0.4, 0.5) is 4.79 Å². The highest BCUT2D eigenvalue weighted by molar-refractivity contribution is 7.72. The van der Waals surface area contributed by atoms with E-state index >= 15 is 0 Å². The lowest BCUT2D eigenvalue weighted by Crippen LogP contribution is -2.27. The van der Waals surface area contributed by atoms with Crippen LogP contribution in [0.25, 0.3) is 0 Å². The monoisotopic (exact) mass is 512 g/mol. The van der Waals surface area contributed by atoms with Crippen LogP contribution < -0.4 is 10.5 Å². The quantitative estimate of drug-likeness (QED) is 0.281. The van der Waals surface area contributed by atoms with E-state index in [2.05, 4.69) is 6.58 Å². The molecule has 0 bridgehead atoms. The number of carbonyl (C=O) groups is 1. The SMILES string of the molecule is C=C1C=CC=CN1/C(=C\N)CC1P(=O)(O)OC(c2ccccc2OC(=O)OC(C)C)OP1(=O)O. The van der Waals surface area contributed by atoms with Gasteiger partial charge in [-0.3, -0.25) is 18.2 Å². The average Bonchev–Trinajstić information content (AvgIpc) is 2.73. The normalized spacial score (nSPS) is 29.4. The summed E-state index contributed by atoms with van der Waals surface area (Å²) in [4.78, 5) is 34.7. The highest BCUT2D eigenvalue weighted by Gasteiger charge is 2.55. The van der Waals surface area contributed by atoms with E-state index in [1.807, 2.05) is 0 Å². The summed E-state index contributed by atoms with van der Waals surface area (Å²) in [5.74, 6) is -0.124. The van der Waals surface area contributed by atoms with Crippen molar-refractivity contribution in [2.45, 2.75) is 38.1 Å². The summed E-state index contributed by atoms with van der Waals surface area (Å²) < 4.78 is 46.8. The fourth-order valence-corrected chi connectivity index (χ4v) is 7.08. The van der Waals surface area contributed by atoms with Crippen LogP contribution in [-0.4, -0.2) is 32.3 Å². The summed E-state index contributed by atoms with van der Waals surface area (Å²) in [5, 5.41) is -1.82. The zero-order chi connectivity index (χ0) is 25.1. The van der Waals surface area contributed by atoms with Crippen LogP contribution in [-0.2, 0) is 22.9 Å². The van der Waals surface area contributed by atoms with Gasteiger partial charge in [-0.1, -0.05) is 30.9 Å². The molecule has 1 saturated heterocycles. The lowest BCUT2D eigenvalue weighted by Gasteiger charge is -2.37. The molecule has 2 heterocycles. The number of nitrogens with zero attached hydrogens (tertiary/aromatic N) is 1. The summed E-state index contributed by atoms with van der Waals surface area (Å²) in [6, 6.07) is 5.76. The number of para-hydroxylation sites is 1. The minimum Gasteiger partial charge on any atom is -0.431 e. The molecule has 4 N–H and O–H groups in total. The minimum absolute atomic E-state index is 0.0442. The lowest BCUT2D eigenvalue weighted by atomic mass is 10.2. The Bertz CT molecular complexity index is 1120. The van der Waals surface area contributed by atoms with Crippen molar-refractivity contribution >= 4 is 21.3 Å². The predicted octanol–water partition coefficient (Wildman–Crippen LogP) is 4.44. The number of ether oxygens (including phenoxy) is 2. The molecule has 0 spiro atoms. The van der Waals surface area contributed by atoms with E-state index in [1.54, 1.807) is 38.3 Å². The molecule has 34 heavy (non-hydrogen) atoms. The van der Waals surface area contributed by atoms with Gasteiger partial charge in [-0.2, -0.15) is 0 Å². The van der Waals surface area contributed by atoms with Gasteiger partial charge in [0.05, 0.1) is 11.7 Å². The second kappa shape index (κ2) is 10.3. The van der Waals surface area contributed by atoms with Crippen molar-refractivity contribution in [3.63, 3.8) is 0 Å². The molecule has 2 aliphatic heterocycles. The predicted molar refractivity (Wildman–Crippen MR) is 123 cm³/mol. The minimum atomic E-state index is -4.76. The van der Waals surface area contributed by atoms with Crippen molar-refractivity contribution in [1.29, 1.82) is 0 Å². The molecule has 0 amide bonds. The number of nitrogens with two attached hydrogens (primary N) is 1. The van der Waals surface area contributed by atoms with Gasteiger partial charge in [-0.25, -0.2) is 4.79 Å². The fourth-order valence-electron chi connectivity index (χ4n) is 3.23. The smallest absolute Gasteiger partial charge is 0.431 e. The zero-order valence-corrected chi connectivity index (χ0v) is 20.3. The van der Waals surface area contributed by atoms with Crippen LogP contribution in [0.5, 0.6) is 5.75 Å². The number of hydrogen-bond donors (Lipinski definition) is 3.